The van der Waals surface area contributed by atoms with Crippen LogP contribution in [0.25, 0.3) is 10.3 Å². The van der Waals surface area contributed by atoms with Gasteiger partial charge in [0.2, 0.25) is 0 Å². The molecule has 0 atom stereocenters. The molecule has 0 fully saturated rings. The van der Waals surface area contributed by atoms with Crippen LogP contribution >= 0.6 is 11.3 Å². The van der Waals surface area contributed by atoms with Crippen LogP contribution in [0.15, 0.2) is 10.6 Å². The number of aldehydes is 1. The van der Waals surface area contributed by atoms with E-state index in [1.165, 1.54) is 11.3 Å². The molecular formula is C9H9NO2S. The second-order valence-electron chi connectivity index (χ2n) is 3.18. The van der Waals surface area contributed by atoms with Crippen molar-refractivity contribution in [1.82, 2.24) is 5.16 Å². The summed E-state index contributed by atoms with van der Waals surface area (Å²) in [4.78, 5) is 11.2. The summed E-state index contributed by atoms with van der Waals surface area (Å²) in [5, 5.41) is 3.95. The lowest BCUT2D eigenvalue weighted by Gasteiger charge is -1.94. The lowest BCUT2D eigenvalue weighted by Crippen LogP contribution is -1.85. The molecule has 68 valence electrons. The Morgan fingerprint density at radius 2 is 2.38 bits per heavy atom. The number of aromatic nitrogens is 1. The Morgan fingerprint density at radius 1 is 1.62 bits per heavy atom. The average Bonchev–Trinajstić information content (AvgIpc) is 2.59. The summed E-state index contributed by atoms with van der Waals surface area (Å²) in [7, 11) is 0. The molecule has 0 N–H and O–H groups in total. The second-order valence-corrected chi connectivity index (χ2v) is 4.27. The van der Waals surface area contributed by atoms with E-state index < -0.39 is 0 Å². The third-order valence-corrected chi connectivity index (χ3v) is 2.92. The normalized spacial score (nSPS) is 11.3. The maximum Gasteiger partial charge on any atom is 0.178 e. The molecule has 0 bridgehead atoms. The van der Waals surface area contributed by atoms with Crippen molar-refractivity contribution in [2.75, 3.05) is 0 Å². The highest BCUT2D eigenvalue weighted by atomic mass is 32.1. The van der Waals surface area contributed by atoms with E-state index in [4.69, 9.17) is 4.52 Å². The van der Waals surface area contributed by atoms with E-state index in [0.29, 0.717) is 10.8 Å². The van der Waals surface area contributed by atoms with E-state index in [2.05, 4.69) is 19.0 Å². The van der Waals surface area contributed by atoms with Gasteiger partial charge in [-0.25, -0.2) is 0 Å². The highest BCUT2D eigenvalue weighted by molar-refractivity contribution is 7.20. The topological polar surface area (TPSA) is 43.1 Å². The first-order chi connectivity index (χ1) is 6.22. The largest absolute Gasteiger partial charge is 0.355 e. The van der Waals surface area contributed by atoms with Gasteiger partial charge in [0.15, 0.2) is 11.9 Å². The van der Waals surface area contributed by atoms with Gasteiger partial charge in [0, 0.05) is 12.0 Å². The Kier molecular flexibility index (Phi) is 1.92. The zero-order valence-corrected chi connectivity index (χ0v) is 8.22. The van der Waals surface area contributed by atoms with Crippen molar-refractivity contribution < 1.29 is 9.32 Å². The Hall–Kier alpha value is -1.16. The molecule has 0 saturated heterocycles. The lowest BCUT2D eigenvalue weighted by molar-refractivity contribution is 0.112. The van der Waals surface area contributed by atoms with Gasteiger partial charge in [-0.05, 0) is 0 Å². The van der Waals surface area contributed by atoms with Crippen LogP contribution in [-0.2, 0) is 0 Å². The molecule has 0 aromatic carbocycles. The number of rotatable bonds is 2. The van der Waals surface area contributed by atoms with Crippen molar-refractivity contribution in [1.29, 1.82) is 0 Å². The fourth-order valence-corrected chi connectivity index (χ4v) is 2.23. The maximum atomic E-state index is 10.5. The standard InChI is InChI=1S/C9H9NO2S/c1-5(2)8-9-7(12-10-8)3-6(4-11)13-9/h3-5H,1-2H3. The van der Waals surface area contributed by atoms with Gasteiger partial charge in [0.25, 0.3) is 0 Å². The molecule has 0 radical (unpaired) electrons. The summed E-state index contributed by atoms with van der Waals surface area (Å²) >= 11 is 1.43. The fraction of sp³-hybridized carbons (Fsp3) is 0.333. The van der Waals surface area contributed by atoms with Gasteiger partial charge in [0.1, 0.15) is 5.69 Å². The number of hydrogen-bond donors (Lipinski definition) is 0. The molecule has 2 rings (SSSR count). The smallest absolute Gasteiger partial charge is 0.178 e. The van der Waals surface area contributed by atoms with Crippen LogP contribution < -0.4 is 0 Å². The molecular weight excluding hydrogens is 186 g/mol. The minimum atomic E-state index is 0.333. The third kappa shape index (κ3) is 1.27. The fourth-order valence-electron chi connectivity index (χ4n) is 1.20. The SMILES string of the molecule is CC(C)c1noc2cc(C=O)sc12. The monoisotopic (exact) mass is 195 g/mol. The molecule has 0 spiro atoms. The molecule has 0 aliphatic rings. The molecule has 0 aliphatic heterocycles. The third-order valence-electron chi connectivity index (χ3n) is 1.86. The second kappa shape index (κ2) is 2.96. The summed E-state index contributed by atoms with van der Waals surface area (Å²) in [6, 6.07) is 1.73. The quantitative estimate of drug-likeness (QED) is 0.692. The Bertz CT molecular complexity index is 441. The molecule has 0 amide bonds. The minimum Gasteiger partial charge on any atom is -0.355 e. The minimum absolute atomic E-state index is 0.333. The van der Waals surface area contributed by atoms with E-state index in [1.807, 2.05) is 0 Å². The number of thiophene rings is 1. The van der Waals surface area contributed by atoms with Gasteiger partial charge in [-0.15, -0.1) is 11.3 Å². The summed E-state index contributed by atoms with van der Waals surface area (Å²) < 4.78 is 6.09. The van der Waals surface area contributed by atoms with Crippen LogP contribution in [0, 0.1) is 0 Å². The van der Waals surface area contributed by atoms with E-state index in [0.717, 1.165) is 22.3 Å². The first-order valence-corrected chi connectivity index (χ1v) is 4.88. The lowest BCUT2D eigenvalue weighted by atomic mass is 10.1. The number of fused-ring (bicyclic) bond motifs is 1. The van der Waals surface area contributed by atoms with Crippen LogP contribution in [0.3, 0.4) is 0 Å². The molecule has 4 heteroatoms. The van der Waals surface area contributed by atoms with Gasteiger partial charge >= 0.3 is 0 Å². The molecule has 0 unspecified atom stereocenters. The predicted molar refractivity (Wildman–Crippen MR) is 51.4 cm³/mol. The molecule has 0 saturated carbocycles. The first kappa shape index (κ1) is 8.44. The number of carbonyl (C=O) groups excluding carboxylic acids is 1. The molecule has 3 nitrogen and oxygen atoms in total. The number of carbonyl (C=O) groups is 1. The Labute approximate surface area is 79.3 Å². The van der Waals surface area contributed by atoms with E-state index in [1.54, 1.807) is 6.07 Å². The van der Waals surface area contributed by atoms with E-state index in [-0.39, 0.29) is 0 Å². The predicted octanol–water partition coefficient (Wildman–Crippen LogP) is 2.83. The summed E-state index contributed by atoms with van der Waals surface area (Å²) in [5.41, 5.74) is 1.66. The molecule has 2 aromatic heterocycles. The van der Waals surface area contributed by atoms with Gasteiger partial charge in [-0.1, -0.05) is 19.0 Å². The van der Waals surface area contributed by atoms with Crippen LogP contribution in [0.5, 0.6) is 0 Å². The van der Waals surface area contributed by atoms with Crippen molar-refractivity contribution in [2.45, 2.75) is 19.8 Å². The average molecular weight is 195 g/mol. The van der Waals surface area contributed by atoms with E-state index in [9.17, 15) is 4.79 Å². The van der Waals surface area contributed by atoms with Crippen molar-refractivity contribution >= 4 is 27.9 Å². The highest BCUT2D eigenvalue weighted by Crippen LogP contribution is 2.31. The van der Waals surface area contributed by atoms with Gasteiger partial charge < -0.3 is 4.52 Å². The Morgan fingerprint density at radius 3 is 3.00 bits per heavy atom. The molecule has 2 heterocycles. The van der Waals surface area contributed by atoms with Crippen molar-refractivity contribution in [2.24, 2.45) is 0 Å². The highest BCUT2D eigenvalue weighted by Gasteiger charge is 2.14. The first-order valence-electron chi connectivity index (χ1n) is 4.06. The number of nitrogens with zero attached hydrogens (tertiary/aromatic N) is 1. The van der Waals surface area contributed by atoms with Gasteiger partial charge in [0.05, 0.1) is 9.58 Å². The Balaban J connectivity index is 2.65. The molecule has 0 aliphatic carbocycles. The van der Waals surface area contributed by atoms with Crippen LogP contribution in [0.4, 0.5) is 0 Å². The van der Waals surface area contributed by atoms with Crippen molar-refractivity contribution in [3.8, 4) is 0 Å². The molecule has 2 aromatic rings. The van der Waals surface area contributed by atoms with Gasteiger partial charge in [-0.2, -0.15) is 0 Å². The van der Waals surface area contributed by atoms with Crippen molar-refractivity contribution in [3.05, 3.63) is 16.6 Å². The maximum absolute atomic E-state index is 10.5. The van der Waals surface area contributed by atoms with Crippen LogP contribution in [-0.4, -0.2) is 11.4 Å². The summed E-state index contributed by atoms with van der Waals surface area (Å²) in [6.45, 7) is 4.11. The molecule has 13 heavy (non-hydrogen) atoms. The van der Waals surface area contributed by atoms with Crippen molar-refractivity contribution in [3.63, 3.8) is 0 Å². The van der Waals surface area contributed by atoms with Crippen LogP contribution in [0.2, 0.25) is 0 Å². The zero-order chi connectivity index (χ0) is 9.42. The van der Waals surface area contributed by atoms with Gasteiger partial charge in [-0.3, -0.25) is 4.79 Å². The van der Waals surface area contributed by atoms with Crippen LogP contribution in [0.1, 0.15) is 35.1 Å². The summed E-state index contributed by atoms with van der Waals surface area (Å²) in [6.07, 6.45) is 0.838. The number of hydrogen-bond acceptors (Lipinski definition) is 4. The summed E-state index contributed by atoms with van der Waals surface area (Å²) in [5.74, 6) is 0.333. The zero-order valence-electron chi connectivity index (χ0n) is 7.40. The van der Waals surface area contributed by atoms with E-state index >= 15 is 0 Å².